The van der Waals surface area contributed by atoms with E-state index in [-0.39, 0.29) is 17.5 Å². The normalized spacial score (nSPS) is 17.7. The van der Waals surface area contributed by atoms with E-state index in [1.54, 1.807) is 25.1 Å². The molecule has 1 aliphatic rings. The van der Waals surface area contributed by atoms with Crippen molar-refractivity contribution in [3.8, 4) is 5.75 Å². The van der Waals surface area contributed by atoms with Gasteiger partial charge in [-0.3, -0.25) is 0 Å². The first kappa shape index (κ1) is 18.0. The molecular weight excluding hydrogens is 353 g/mol. The van der Waals surface area contributed by atoms with Crippen molar-refractivity contribution in [1.82, 2.24) is 4.98 Å². The minimum Gasteiger partial charge on any atom is -0.491 e. The minimum atomic E-state index is -4.44. The van der Waals surface area contributed by atoms with Crippen molar-refractivity contribution in [2.45, 2.75) is 38.6 Å². The fourth-order valence-corrected chi connectivity index (χ4v) is 3.55. The highest BCUT2D eigenvalue weighted by molar-refractivity contribution is 7.11. The van der Waals surface area contributed by atoms with Gasteiger partial charge in [-0.1, -0.05) is 6.07 Å². The van der Waals surface area contributed by atoms with E-state index in [0.717, 1.165) is 30.8 Å². The molecule has 1 aromatic carbocycles. The number of thiazole rings is 1. The molecule has 0 amide bonds. The Hall–Kier alpha value is -1.80. The summed E-state index contributed by atoms with van der Waals surface area (Å²) in [6.07, 6.45) is -2.28. The zero-order valence-corrected chi connectivity index (χ0v) is 14.5. The number of hydrogen-bond acceptors (Lipinski definition) is 5. The highest BCUT2D eigenvalue weighted by Gasteiger charge is 2.36. The Balaban J connectivity index is 1.61. The minimum absolute atomic E-state index is 0.0650. The third-order valence-corrected chi connectivity index (χ3v) is 4.79. The SMILES string of the molecule is Cc1nc(C(F)(F)F)c(CNc2cccc(OCC3CCCO3)c2)s1. The van der Waals surface area contributed by atoms with Crippen LogP contribution in [0.1, 0.15) is 28.4 Å². The Morgan fingerprint density at radius 1 is 1.40 bits per heavy atom. The number of aryl methyl sites for hydroxylation is 1. The first-order chi connectivity index (χ1) is 11.9. The summed E-state index contributed by atoms with van der Waals surface area (Å²) < 4.78 is 50.2. The Kier molecular flexibility index (Phi) is 5.48. The number of anilines is 1. The molecule has 0 radical (unpaired) electrons. The number of aromatic nitrogens is 1. The molecule has 8 heteroatoms. The van der Waals surface area contributed by atoms with Crippen LogP contribution in [0.15, 0.2) is 24.3 Å². The lowest BCUT2D eigenvalue weighted by Crippen LogP contribution is -2.16. The maximum atomic E-state index is 13.0. The van der Waals surface area contributed by atoms with Crippen LogP contribution in [0.2, 0.25) is 0 Å². The molecule has 4 nitrogen and oxygen atoms in total. The second-order valence-corrected chi connectivity index (χ2v) is 7.12. The summed E-state index contributed by atoms with van der Waals surface area (Å²) in [4.78, 5) is 3.78. The Bertz CT molecular complexity index is 712. The van der Waals surface area contributed by atoms with Crippen molar-refractivity contribution < 1.29 is 22.6 Å². The van der Waals surface area contributed by atoms with Crippen LogP contribution in [0.3, 0.4) is 0 Å². The van der Waals surface area contributed by atoms with Gasteiger partial charge in [0, 0.05) is 18.4 Å². The number of nitrogens with zero attached hydrogens (tertiary/aromatic N) is 1. The van der Waals surface area contributed by atoms with E-state index < -0.39 is 11.9 Å². The number of alkyl halides is 3. The molecule has 1 N–H and O–H groups in total. The van der Waals surface area contributed by atoms with E-state index in [0.29, 0.717) is 23.1 Å². The van der Waals surface area contributed by atoms with Gasteiger partial charge in [0.1, 0.15) is 12.4 Å². The smallest absolute Gasteiger partial charge is 0.434 e. The average Bonchev–Trinajstić information content (AvgIpc) is 3.20. The van der Waals surface area contributed by atoms with Crippen molar-refractivity contribution in [1.29, 1.82) is 0 Å². The van der Waals surface area contributed by atoms with Crippen LogP contribution in [0.4, 0.5) is 18.9 Å². The molecule has 0 aliphatic carbocycles. The van der Waals surface area contributed by atoms with Crippen LogP contribution in [0.5, 0.6) is 5.75 Å². The number of halogens is 3. The first-order valence-corrected chi connectivity index (χ1v) is 8.85. The van der Waals surface area contributed by atoms with E-state index in [9.17, 15) is 13.2 Å². The summed E-state index contributed by atoms with van der Waals surface area (Å²) in [6, 6.07) is 7.18. The van der Waals surface area contributed by atoms with E-state index in [2.05, 4.69) is 10.3 Å². The third kappa shape index (κ3) is 4.85. The van der Waals surface area contributed by atoms with Crippen molar-refractivity contribution in [2.75, 3.05) is 18.5 Å². The van der Waals surface area contributed by atoms with Crippen molar-refractivity contribution in [3.05, 3.63) is 39.8 Å². The maximum Gasteiger partial charge on any atom is 0.434 e. The van der Waals surface area contributed by atoms with Gasteiger partial charge in [-0.05, 0) is 31.9 Å². The topological polar surface area (TPSA) is 43.4 Å². The molecule has 1 fully saturated rings. The number of rotatable bonds is 6. The summed E-state index contributed by atoms with van der Waals surface area (Å²) in [7, 11) is 0. The Morgan fingerprint density at radius 3 is 2.96 bits per heavy atom. The number of ether oxygens (including phenoxy) is 2. The van der Waals surface area contributed by atoms with Gasteiger partial charge in [0.15, 0.2) is 5.69 Å². The Morgan fingerprint density at radius 2 is 2.24 bits per heavy atom. The van der Waals surface area contributed by atoms with Gasteiger partial charge >= 0.3 is 6.18 Å². The monoisotopic (exact) mass is 372 g/mol. The molecule has 3 rings (SSSR count). The molecule has 0 spiro atoms. The first-order valence-electron chi connectivity index (χ1n) is 8.03. The molecule has 136 valence electrons. The number of nitrogens with one attached hydrogen (secondary N) is 1. The average molecular weight is 372 g/mol. The summed E-state index contributed by atoms with van der Waals surface area (Å²) in [5.41, 5.74) is -0.114. The maximum absolute atomic E-state index is 13.0. The van der Waals surface area contributed by atoms with E-state index in [1.165, 1.54) is 0 Å². The van der Waals surface area contributed by atoms with Crippen molar-refractivity contribution in [3.63, 3.8) is 0 Å². The van der Waals surface area contributed by atoms with Gasteiger partial charge in [-0.2, -0.15) is 13.2 Å². The standard InChI is InChI=1S/C17H19F3N2O2S/c1-11-22-16(17(18,19)20)15(25-11)9-21-12-4-2-5-13(8-12)24-10-14-6-3-7-23-14/h2,4-5,8,14,21H,3,6-7,9-10H2,1H3. The van der Waals surface area contributed by atoms with Crippen LogP contribution in [-0.4, -0.2) is 24.3 Å². The van der Waals surface area contributed by atoms with Crippen LogP contribution in [0, 0.1) is 6.92 Å². The van der Waals surface area contributed by atoms with Gasteiger partial charge < -0.3 is 14.8 Å². The van der Waals surface area contributed by atoms with E-state index >= 15 is 0 Å². The molecular formula is C17H19F3N2O2S. The van der Waals surface area contributed by atoms with Gasteiger partial charge in [0.05, 0.1) is 22.5 Å². The molecule has 1 saturated heterocycles. The highest BCUT2D eigenvalue weighted by Crippen LogP contribution is 2.34. The van der Waals surface area contributed by atoms with Gasteiger partial charge in [0.25, 0.3) is 0 Å². The van der Waals surface area contributed by atoms with Crippen LogP contribution < -0.4 is 10.1 Å². The summed E-state index contributed by atoms with van der Waals surface area (Å²) in [5.74, 6) is 0.664. The lowest BCUT2D eigenvalue weighted by atomic mass is 10.2. The molecule has 1 aliphatic heterocycles. The van der Waals surface area contributed by atoms with Crippen molar-refractivity contribution >= 4 is 17.0 Å². The van der Waals surface area contributed by atoms with E-state index in [1.807, 2.05) is 6.07 Å². The van der Waals surface area contributed by atoms with Crippen LogP contribution in [-0.2, 0) is 17.5 Å². The lowest BCUT2D eigenvalue weighted by molar-refractivity contribution is -0.141. The summed E-state index contributed by atoms with van der Waals surface area (Å²) in [5, 5.41) is 3.42. The van der Waals surface area contributed by atoms with Gasteiger partial charge in [-0.25, -0.2) is 4.98 Å². The Labute approximate surface area is 148 Å². The fourth-order valence-electron chi connectivity index (χ4n) is 2.65. The fraction of sp³-hybridized carbons (Fsp3) is 0.471. The third-order valence-electron chi connectivity index (χ3n) is 3.82. The van der Waals surface area contributed by atoms with Crippen LogP contribution in [0.25, 0.3) is 0 Å². The summed E-state index contributed by atoms with van der Waals surface area (Å²) in [6.45, 7) is 2.89. The van der Waals surface area contributed by atoms with Gasteiger partial charge in [0.2, 0.25) is 0 Å². The molecule has 2 aromatic rings. The predicted molar refractivity (Wildman–Crippen MR) is 90.1 cm³/mol. The molecule has 1 atom stereocenters. The molecule has 0 saturated carbocycles. The van der Waals surface area contributed by atoms with E-state index in [4.69, 9.17) is 9.47 Å². The van der Waals surface area contributed by atoms with Gasteiger partial charge in [-0.15, -0.1) is 11.3 Å². The quantitative estimate of drug-likeness (QED) is 0.802. The van der Waals surface area contributed by atoms with Crippen LogP contribution >= 0.6 is 11.3 Å². The summed E-state index contributed by atoms with van der Waals surface area (Å²) >= 11 is 1.05. The zero-order chi connectivity index (χ0) is 17.9. The zero-order valence-electron chi connectivity index (χ0n) is 13.7. The second kappa shape index (κ2) is 7.61. The number of hydrogen-bond donors (Lipinski definition) is 1. The highest BCUT2D eigenvalue weighted by atomic mass is 32.1. The predicted octanol–water partition coefficient (Wildman–Crippen LogP) is 4.64. The molecule has 1 unspecified atom stereocenters. The lowest BCUT2D eigenvalue weighted by Gasteiger charge is -2.13. The molecule has 2 heterocycles. The molecule has 25 heavy (non-hydrogen) atoms. The van der Waals surface area contributed by atoms with Crippen molar-refractivity contribution in [2.24, 2.45) is 0 Å². The largest absolute Gasteiger partial charge is 0.491 e. The molecule has 1 aromatic heterocycles. The molecule has 0 bridgehead atoms. The number of benzene rings is 1. The second-order valence-electron chi connectivity index (χ2n) is 5.83.